The van der Waals surface area contributed by atoms with Crippen molar-refractivity contribution in [3.63, 3.8) is 0 Å². The number of aryl methyl sites for hydroxylation is 2. The minimum atomic E-state index is -0.990. The normalized spacial score (nSPS) is 10.6. The lowest BCUT2D eigenvalue weighted by molar-refractivity contribution is -0.136. The average molecular weight is 249 g/mol. The summed E-state index contributed by atoms with van der Waals surface area (Å²) in [5.74, 6) is -0.805. The molecule has 2 rings (SSSR count). The Morgan fingerprint density at radius 3 is 2.78 bits per heavy atom. The van der Waals surface area contributed by atoms with Crippen molar-refractivity contribution < 1.29 is 18.7 Å². The molecule has 94 valence electrons. The molecule has 18 heavy (non-hydrogen) atoms. The summed E-state index contributed by atoms with van der Waals surface area (Å²) in [5.41, 5.74) is 1.54. The van der Waals surface area contributed by atoms with Gasteiger partial charge in [0.05, 0.1) is 5.69 Å². The molecular formula is C13H12FNO3. The molecule has 1 aromatic carbocycles. The lowest BCUT2D eigenvalue weighted by Gasteiger charge is -1.98. The van der Waals surface area contributed by atoms with Gasteiger partial charge in [-0.2, -0.15) is 0 Å². The molecule has 0 spiro atoms. The van der Waals surface area contributed by atoms with Crippen molar-refractivity contribution in [1.82, 2.24) is 4.98 Å². The van der Waals surface area contributed by atoms with Crippen LogP contribution in [0.2, 0.25) is 0 Å². The molecule has 0 saturated heterocycles. The van der Waals surface area contributed by atoms with Crippen LogP contribution in [-0.2, 0) is 11.2 Å². The molecule has 1 aromatic heterocycles. The Morgan fingerprint density at radius 1 is 1.44 bits per heavy atom. The quantitative estimate of drug-likeness (QED) is 0.908. The third-order valence-corrected chi connectivity index (χ3v) is 2.62. The lowest BCUT2D eigenvalue weighted by atomic mass is 10.1. The van der Waals surface area contributed by atoms with Crippen LogP contribution in [0.3, 0.4) is 0 Å². The van der Waals surface area contributed by atoms with Gasteiger partial charge in [0.1, 0.15) is 18.0 Å². The van der Waals surface area contributed by atoms with E-state index >= 15 is 0 Å². The van der Waals surface area contributed by atoms with Crippen molar-refractivity contribution in [3.8, 4) is 11.5 Å². The average Bonchev–Trinajstić information content (AvgIpc) is 2.63. The number of nitrogens with zero attached hydrogens (tertiary/aromatic N) is 1. The highest BCUT2D eigenvalue weighted by Crippen LogP contribution is 2.23. The predicted molar refractivity (Wildman–Crippen MR) is 62.7 cm³/mol. The molecule has 1 heterocycles. The van der Waals surface area contributed by atoms with Gasteiger partial charge in [-0.1, -0.05) is 6.07 Å². The molecule has 0 fully saturated rings. The van der Waals surface area contributed by atoms with E-state index in [0.717, 1.165) is 0 Å². The lowest BCUT2D eigenvalue weighted by Crippen LogP contribution is -1.99. The third-order valence-electron chi connectivity index (χ3n) is 2.62. The van der Waals surface area contributed by atoms with E-state index in [1.165, 1.54) is 6.07 Å². The summed E-state index contributed by atoms with van der Waals surface area (Å²) in [5, 5.41) is 8.70. The largest absolute Gasteiger partial charge is 0.481 e. The van der Waals surface area contributed by atoms with Crippen LogP contribution in [0.15, 0.2) is 22.6 Å². The van der Waals surface area contributed by atoms with E-state index in [1.54, 1.807) is 26.0 Å². The van der Waals surface area contributed by atoms with Crippen molar-refractivity contribution in [1.29, 1.82) is 0 Å². The molecule has 2 aromatic rings. The fourth-order valence-corrected chi connectivity index (χ4v) is 1.58. The molecule has 0 radical (unpaired) electrons. The summed E-state index contributed by atoms with van der Waals surface area (Å²) in [6, 6.07) is 4.64. The van der Waals surface area contributed by atoms with Crippen molar-refractivity contribution in [2.75, 3.05) is 0 Å². The Morgan fingerprint density at radius 2 is 2.17 bits per heavy atom. The van der Waals surface area contributed by atoms with E-state index in [-0.39, 0.29) is 18.1 Å². The number of carboxylic acid groups (broad SMARTS) is 1. The van der Waals surface area contributed by atoms with Gasteiger partial charge < -0.3 is 9.52 Å². The predicted octanol–water partition coefficient (Wildman–Crippen LogP) is 2.72. The first-order valence-corrected chi connectivity index (χ1v) is 5.42. The number of carbonyl (C=O) groups is 1. The summed E-state index contributed by atoms with van der Waals surface area (Å²) in [6.07, 6.45) is -0.229. The highest BCUT2D eigenvalue weighted by molar-refractivity contribution is 5.70. The second kappa shape index (κ2) is 4.60. The van der Waals surface area contributed by atoms with Crippen LogP contribution in [0.1, 0.15) is 17.0 Å². The fourth-order valence-electron chi connectivity index (χ4n) is 1.58. The van der Waals surface area contributed by atoms with Gasteiger partial charge in [0.25, 0.3) is 0 Å². The highest BCUT2D eigenvalue weighted by atomic mass is 19.1. The van der Waals surface area contributed by atoms with Gasteiger partial charge in [-0.05, 0) is 31.5 Å². The first-order valence-electron chi connectivity index (χ1n) is 5.42. The molecule has 0 atom stereocenters. The zero-order valence-electron chi connectivity index (χ0n) is 10.0. The van der Waals surface area contributed by atoms with Gasteiger partial charge in [0.2, 0.25) is 5.89 Å². The molecule has 0 aliphatic carbocycles. The minimum Gasteiger partial charge on any atom is -0.481 e. The van der Waals surface area contributed by atoms with Gasteiger partial charge in [0, 0.05) is 5.56 Å². The van der Waals surface area contributed by atoms with Crippen LogP contribution in [0.25, 0.3) is 11.5 Å². The van der Waals surface area contributed by atoms with Crippen molar-refractivity contribution in [2.24, 2.45) is 0 Å². The van der Waals surface area contributed by atoms with Gasteiger partial charge >= 0.3 is 5.97 Å². The molecule has 0 aliphatic heterocycles. The number of carboxylic acids is 1. The van der Waals surface area contributed by atoms with Gasteiger partial charge in [-0.3, -0.25) is 4.79 Å². The number of benzene rings is 1. The Balaban J connectivity index is 2.39. The van der Waals surface area contributed by atoms with E-state index < -0.39 is 5.97 Å². The van der Waals surface area contributed by atoms with Crippen molar-refractivity contribution >= 4 is 5.97 Å². The smallest absolute Gasteiger partial charge is 0.311 e. The standard InChI is InChI=1S/C13H12FNO3/c1-7-3-4-9(5-10(7)14)13-15-8(2)11(18-13)6-12(16)17/h3-5H,6H2,1-2H3,(H,16,17). The maximum atomic E-state index is 13.4. The van der Waals surface area contributed by atoms with Crippen LogP contribution in [0.5, 0.6) is 0 Å². The summed E-state index contributed by atoms with van der Waals surface area (Å²) in [7, 11) is 0. The molecule has 4 nitrogen and oxygen atoms in total. The molecular weight excluding hydrogens is 237 g/mol. The van der Waals surface area contributed by atoms with Crippen LogP contribution in [0, 0.1) is 19.7 Å². The number of hydrogen-bond donors (Lipinski definition) is 1. The van der Waals surface area contributed by atoms with Crippen LogP contribution in [0.4, 0.5) is 4.39 Å². The Hall–Kier alpha value is -2.17. The van der Waals surface area contributed by atoms with E-state index in [9.17, 15) is 9.18 Å². The van der Waals surface area contributed by atoms with Crippen LogP contribution < -0.4 is 0 Å². The zero-order valence-corrected chi connectivity index (χ0v) is 10.0. The van der Waals surface area contributed by atoms with Crippen molar-refractivity contribution in [3.05, 3.63) is 41.0 Å². The summed E-state index contributed by atoms with van der Waals surface area (Å²) in [4.78, 5) is 14.7. The molecule has 0 amide bonds. The number of oxazole rings is 1. The highest BCUT2D eigenvalue weighted by Gasteiger charge is 2.14. The Bertz CT molecular complexity index is 604. The number of aliphatic carboxylic acids is 1. The van der Waals surface area contributed by atoms with Crippen LogP contribution in [-0.4, -0.2) is 16.1 Å². The van der Waals surface area contributed by atoms with Crippen molar-refractivity contribution in [2.45, 2.75) is 20.3 Å². The van der Waals surface area contributed by atoms with Gasteiger partial charge in [-0.15, -0.1) is 0 Å². The topological polar surface area (TPSA) is 63.3 Å². The monoisotopic (exact) mass is 249 g/mol. The van der Waals surface area contributed by atoms with E-state index in [0.29, 0.717) is 22.6 Å². The molecule has 0 saturated carbocycles. The first-order chi connectivity index (χ1) is 8.47. The second-order valence-electron chi connectivity index (χ2n) is 4.06. The Labute approximate surface area is 103 Å². The van der Waals surface area contributed by atoms with Crippen LogP contribution >= 0.6 is 0 Å². The first kappa shape index (κ1) is 12.3. The summed E-state index contributed by atoms with van der Waals surface area (Å²) < 4.78 is 18.8. The summed E-state index contributed by atoms with van der Waals surface area (Å²) in [6.45, 7) is 3.33. The number of aromatic nitrogens is 1. The maximum Gasteiger partial charge on any atom is 0.311 e. The second-order valence-corrected chi connectivity index (χ2v) is 4.06. The summed E-state index contributed by atoms with van der Waals surface area (Å²) >= 11 is 0. The molecule has 1 N–H and O–H groups in total. The Kier molecular flexibility index (Phi) is 3.14. The van der Waals surface area contributed by atoms with E-state index in [2.05, 4.69) is 4.98 Å². The molecule has 0 aliphatic rings. The maximum absolute atomic E-state index is 13.4. The third kappa shape index (κ3) is 2.40. The minimum absolute atomic E-state index is 0.229. The van der Waals surface area contributed by atoms with E-state index in [1.807, 2.05) is 0 Å². The molecule has 5 heteroatoms. The SMILES string of the molecule is Cc1ccc(-c2nc(C)c(CC(=O)O)o2)cc1F. The fraction of sp³-hybridized carbons (Fsp3) is 0.231. The number of hydrogen-bond acceptors (Lipinski definition) is 3. The zero-order chi connectivity index (χ0) is 13.3. The van der Waals surface area contributed by atoms with Gasteiger partial charge in [0.15, 0.2) is 0 Å². The number of halogens is 1. The molecule has 0 unspecified atom stereocenters. The molecule has 0 bridgehead atoms. The van der Waals surface area contributed by atoms with Gasteiger partial charge in [-0.25, -0.2) is 9.37 Å². The van der Waals surface area contributed by atoms with E-state index in [4.69, 9.17) is 9.52 Å². The number of rotatable bonds is 3.